The molecule has 0 aliphatic carbocycles. The summed E-state index contributed by atoms with van der Waals surface area (Å²) in [6.45, 7) is 12.0. The summed E-state index contributed by atoms with van der Waals surface area (Å²) in [5.41, 5.74) is 0.331. The number of ether oxygens (including phenoxy) is 1. The van der Waals surface area contributed by atoms with Gasteiger partial charge in [0.2, 0.25) is 0 Å². The smallest absolute Gasteiger partial charge is 0.0615 e. The first-order valence-corrected chi connectivity index (χ1v) is 6.38. The van der Waals surface area contributed by atoms with E-state index in [0.29, 0.717) is 11.5 Å². The van der Waals surface area contributed by atoms with Crippen molar-refractivity contribution in [3.05, 3.63) is 0 Å². The Hall–Kier alpha value is 0.400. The van der Waals surface area contributed by atoms with Gasteiger partial charge in [0.15, 0.2) is 0 Å². The molecule has 0 saturated carbocycles. The summed E-state index contributed by atoms with van der Waals surface area (Å²) in [5, 5.41) is 1.04. The molecule has 0 aromatic heterocycles. The van der Waals surface area contributed by atoms with Crippen LogP contribution in [0.5, 0.6) is 0 Å². The molecule has 0 heterocycles. The number of likely N-dealkylation sites (N-methyl/N-ethyl adjacent to an activating group) is 1. The minimum Gasteiger partial charge on any atom is -0.383 e. The van der Waals surface area contributed by atoms with Gasteiger partial charge in [-0.1, -0.05) is 36.7 Å². The average molecular weight is 266 g/mol. The minimum atomic E-state index is 0.331. The molecule has 86 valence electrons. The molecule has 14 heavy (non-hydrogen) atoms. The summed E-state index contributed by atoms with van der Waals surface area (Å²) in [6, 6.07) is 0.503. The molecule has 0 amide bonds. The molecule has 0 aliphatic rings. The number of rotatable bonds is 7. The largest absolute Gasteiger partial charge is 0.383 e. The Morgan fingerprint density at radius 1 is 1.43 bits per heavy atom. The summed E-state index contributed by atoms with van der Waals surface area (Å²) in [6.07, 6.45) is 0. The van der Waals surface area contributed by atoms with Crippen molar-refractivity contribution in [1.82, 2.24) is 4.90 Å². The molecule has 2 nitrogen and oxygen atoms in total. The molecule has 0 radical (unpaired) electrons. The van der Waals surface area contributed by atoms with Crippen molar-refractivity contribution in [2.45, 2.75) is 33.7 Å². The van der Waals surface area contributed by atoms with E-state index in [1.807, 2.05) is 0 Å². The summed E-state index contributed by atoms with van der Waals surface area (Å²) in [7, 11) is 1.76. The molecule has 0 bridgehead atoms. The second-order valence-corrected chi connectivity index (χ2v) is 5.23. The Bertz CT molecular complexity index is 150. The minimum absolute atomic E-state index is 0.331. The SMILES string of the molecule is CCN(CC(C)(C)CBr)C(C)COC. The zero-order valence-electron chi connectivity index (χ0n) is 10.1. The van der Waals surface area contributed by atoms with E-state index in [9.17, 15) is 0 Å². The second-order valence-electron chi connectivity index (χ2n) is 4.67. The molecule has 0 aromatic rings. The van der Waals surface area contributed by atoms with E-state index < -0.39 is 0 Å². The van der Waals surface area contributed by atoms with Crippen LogP contribution in [0.1, 0.15) is 27.7 Å². The van der Waals surface area contributed by atoms with Crippen LogP contribution < -0.4 is 0 Å². The number of methoxy groups -OCH3 is 1. The van der Waals surface area contributed by atoms with E-state index in [2.05, 4.69) is 48.5 Å². The van der Waals surface area contributed by atoms with E-state index in [1.54, 1.807) is 7.11 Å². The van der Waals surface area contributed by atoms with Crippen LogP contribution in [0.3, 0.4) is 0 Å². The van der Waals surface area contributed by atoms with Gasteiger partial charge in [0, 0.05) is 25.0 Å². The summed E-state index contributed by atoms with van der Waals surface area (Å²) < 4.78 is 5.18. The Morgan fingerprint density at radius 2 is 2.00 bits per heavy atom. The van der Waals surface area contributed by atoms with Crippen molar-refractivity contribution in [2.24, 2.45) is 5.41 Å². The van der Waals surface area contributed by atoms with Crippen molar-refractivity contribution in [2.75, 3.05) is 32.1 Å². The molecule has 0 fully saturated rings. The first-order valence-electron chi connectivity index (χ1n) is 5.25. The molecular formula is C11H24BrNO. The van der Waals surface area contributed by atoms with Gasteiger partial charge in [-0.15, -0.1) is 0 Å². The summed E-state index contributed by atoms with van der Waals surface area (Å²) >= 11 is 3.56. The van der Waals surface area contributed by atoms with Gasteiger partial charge in [-0.2, -0.15) is 0 Å². The average Bonchev–Trinajstić information content (AvgIpc) is 2.14. The molecule has 3 heteroatoms. The van der Waals surface area contributed by atoms with E-state index in [-0.39, 0.29) is 0 Å². The molecule has 0 rings (SSSR count). The normalized spacial score (nSPS) is 14.8. The maximum Gasteiger partial charge on any atom is 0.0615 e. The standard InChI is InChI=1S/C11H24BrNO/c1-6-13(10(2)7-14-5)9-11(3,4)8-12/h10H,6-9H2,1-5H3. The quantitative estimate of drug-likeness (QED) is 0.657. The van der Waals surface area contributed by atoms with Crippen molar-refractivity contribution in [3.8, 4) is 0 Å². The van der Waals surface area contributed by atoms with Crippen molar-refractivity contribution < 1.29 is 4.74 Å². The first kappa shape index (κ1) is 14.4. The number of hydrogen-bond acceptors (Lipinski definition) is 2. The lowest BCUT2D eigenvalue weighted by Gasteiger charge is -2.34. The fraction of sp³-hybridized carbons (Fsp3) is 1.00. The zero-order chi connectivity index (χ0) is 11.2. The Morgan fingerprint density at radius 3 is 2.36 bits per heavy atom. The van der Waals surface area contributed by atoms with Crippen molar-refractivity contribution >= 4 is 15.9 Å². The van der Waals surface area contributed by atoms with Crippen LogP contribution in [0.15, 0.2) is 0 Å². The van der Waals surface area contributed by atoms with E-state index in [1.165, 1.54) is 0 Å². The summed E-state index contributed by atoms with van der Waals surface area (Å²) in [5.74, 6) is 0. The van der Waals surface area contributed by atoms with Gasteiger partial charge >= 0.3 is 0 Å². The van der Waals surface area contributed by atoms with Gasteiger partial charge in [-0.3, -0.25) is 4.90 Å². The lowest BCUT2D eigenvalue weighted by molar-refractivity contribution is 0.0812. The highest BCUT2D eigenvalue weighted by molar-refractivity contribution is 9.09. The predicted molar refractivity (Wildman–Crippen MR) is 66.2 cm³/mol. The number of alkyl halides is 1. The third kappa shape index (κ3) is 5.32. The number of nitrogens with zero attached hydrogens (tertiary/aromatic N) is 1. The Labute approximate surface area is 97.1 Å². The Balaban J connectivity index is 4.14. The molecule has 1 unspecified atom stereocenters. The van der Waals surface area contributed by atoms with Crippen LogP contribution in [0.2, 0.25) is 0 Å². The highest BCUT2D eigenvalue weighted by atomic mass is 79.9. The maximum atomic E-state index is 5.18. The lowest BCUT2D eigenvalue weighted by Crippen LogP contribution is -2.42. The van der Waals surface area contributed by atoms with Gasteiger partial charge in [0.1, 0.15) is 0 Å². The van der Waals surface area contributed by atoms with Gasteiger partial charge in [-0.05, 0) is 18.9 Å². The molecular weight excluding hydrogens is 242 g/mol. The summed E-state index contributed by atoms with van der Waals surface area (Å²) in [4.78, 5) is 2.46. The number of halogens is 1. The van der Waals surface area contributed by atoms with Gasteiger partial charge in [0.25, 0.3) is 0 Å². The van der Waals surface area contributed by atoms with Crippen LogP contribution in [0.4, 0.5) is 0 Å². The molecule has 1 atom stereocenters. The highest BCUT2D eigenvalue weighted by Crippen LogP contribution is 2.20. The molecule has 0 aromatic carbocycles. The van der Waals surface area contributed by atoms with Crippen LogP contribution in [-0.4, -0.2) is 43.1 Å². The predicted octanol–water partition coefficient (Wildman–Crippen LogP) is 2.76. The van der Waals surface area contributed by atoms with Crippen LogP contribution in [0, 0.1) is 5.41 Å². The van der Waals surface area contributed by atoms with Gasteiger partial charge in [-0.25, -0.2) is 0 Å². The van der Waals surface area contributed by atoms with Crippen molar-refractivity contribution in [3.63, 3.8) is 0 Å². The van der Waals surface area contributed by atoms with Gasteiger partial charge < -0.3 is 4.74 Å². The van der Waals surface area contributed by atoms with Crippen LogP contribution in [-0.2, 0) is 4.74 Å². The fourth-order valence-electron chi connectivity index (χ4n) is 1.52. The van der Waals surface area contributed by atoms with E-state index >= 15 is 0 Å². The van der Waals surface area contributed by atoms with E-state index in [4.69, 9.17) is 4.74 Å². The molecule has 0 N–H and O–H groups in total. The molecule has 0 aliphatic heterocycles. The Kier molecular flexibility index (Phi) is 7.00. The monoisotopic (exact) mass is 265 g/mol. The maximum absolute atomic E-state index is 5.18. The first-order chi connectivity index (χ1) is 6.46. The van der Waals surface area contributed by atoms with Crippen molar-refractivity contribution in [1.29, 1.82) is 0 Å². The fourth-order valence-corrected chi connectivity index (χ4v) is 1.70. The van der Waals surface area contributed by atoms with E-state index in [0.717, 1.165) is 25.0 Å². The molecule has 0 spiro atoms. The topological polar surface area (TPSA) is 12.5 Å². The number of hydrogen-bond donors (Lipinski definition) is 0. The van der Waals surface area contributed by atoms with Crippen LogP contribution >= 0.6 is 15.9 Å². The highest BCUT2D eigenvalue weighted by Gasteiger charge is 2.22. The zero-order valence-corrected chi connectivity index (χ0v) is 11.7. The third-order valence-electron chi connectivity index (χ3n) is 2.43. The third-order valence-corrected chi connectivity index (χ3v) is 3.95. The lowest BCUT2D eigenvalue weighted by atomic mass is 9.95. The second kappa shape index (κ2) is 6.81. The van der Waals surface area contributed by atoms with Gasteiger partial charge in [0.05, 0.1) is 6.61 Å². The molecule has 0 saturated heterocycles. The van der Waals surface area contributed by atoms with Crippen LogP contribution in [0.25, 0.3) is 0 Å².